The molecule has 0 aliphatic carbocycles. The van der Waals surface area contributed by atoms with Gasteiger partial charge >= 0.3 is 0 Å². The zero-order valence-corrected chi connectivity index (χ0v) is 9.84. The molecule has 0 aliphatic rings. The van der Waals surface area contributed by atoms with Gasteiger partial charge in [0.25, 0.3) is 5.91 Å². The van der Waals surface area contributed by atoms with Gasteiger partial charge in [0.05, 0.1) is 23.5 Å². The van der Waals surface area contributed by atoms with E-state index in [0.717, 1.165) is 5.56 Å². The van der Waals surface area contributed by atoms with Crippen LogP contribution in [0.1, 0.15) is 28.9 Å². The minimum absolute atomic E-state index is 0.151. The number of H-pyrrole nitrogens is 1. The number of nitrogen functional groups attached to an aromatic ring is 1. The normalized spacial score (nSPS) is 11.9. The molecule has 0 saturated carbocycles. The first-order chi connectivity index (χ1) is 8.72. The molecule has 7 nitrogen and oxygen atoms in total. The van der Waals surface area contributed by atoms with Crippen LogP contribution in [-0.2, 0) is 0 Å². The van der Waals surface area contributed by atoms with Gasteiger partial charge in [-0.3, -0.25) is 20.7 Å². The van der Waals surface area contributed by atoms with Crippen LogP contribution in [0.2, 0.25) is 0 Å². The van der Waals surface area contributed by atoms with Gasteiger partial charge in [0.15, 0.2) is 0 Å². The highest BCUT2D eigenvalue weighted by molar-refractivity contribution is 5.99. The lowest BCUT2D eigenvalue weighted by molar-refractivity contribution is 0.0940. The predicted molar refractivity (Wildman–Crippen MR) is 66.5 cm³/mol. The number of hydrazine groups is 1. The Kier molecular flexibility index (Phi) is 3.54. The maximum absolute atomic E-state index is 12.1. The van der Waals surface area contributed by atoms with Crippen molar-refractivity contribution in [3.05, 3.63) is 42.0 Å². The Morgan fingerprint density at radius 3 is 3.00 bits per heavy atom. The first-order valence-electron chi connectivity index (χ1n) is 5.42. The molecule has 94 valence electrons. The lowest BCUT2D eigenvalue weighted by Gasteiger charge is -2.13. The van der Waals surface area contributed by atoms with Gasteiger partial charge < -0.3 is 10.7 Å². The number of hydrogen-bond donors (Lipinski definition) is 4. The summed E-state index contributed by atoms with van der Waals surface area (Å²) in [5.74, 6) is 5.10. The van der Waals surface area contributed by atoms with Gasteiger partial charge in [0, 0.05) is 24.2 Å². The summed E-state index contributed by atoms with van der Waals surface area (Å²) in [6.07, 6.45) is 6.42. The number of nitrogens with two attached hydrogens (primary N) is 1. The summed E-state index contributed by atoms with van der Waals surface area (Å²) in [6, 6.07) is 1.49. The molecule has 0 spiro atoms. The van der Waals surface area contributed by atoms with Crippen molar-refractivity contribution >= 4 is 11.6 Å². The molecule has 2 aromatic heterocycles. The van der Waals surface area contributed by atoms with E-state index in [1.165, 1.54) is 6.20 Å². The van der Waals surface area contributed by atoms with Crippen molar-refractivity contribution in [2.24, 2.45) is 5.84 Å². The summed E-state index contributed by atoms with van der Waals surface area (Å²) in [5, 5.41) is 9.38. The first kappa shape index (κ1) is 12.1. The van der Waals surface area contributed by atoms with E-state index < -0.39 is 0 Å². The lowest BCUT2D eigenvalue weighted by atomic mass is 10.1. The molecule has 0 aliphatic heterocycles. The Morgan fingerprint density at radius 2 is 2.33 bits per heavy atom. The van der Waals surface area contributed by atoms with Gasteiger partial charge in [0.2, 0.25) is 0 Å². The van der Waals surface area contributed by atoms with Crippen molar-refractivity contribution in [1.82, 2.24) is 20.5 Å². The van der Waals surface area contributed by atoms with Crippen LogP contribution in [0.3, 0.4) is 0 Å². The number of carbonyl (C=O) groups is 1. The smallest absolute Gasteiger partial charge is 0.255 e. The van der Waals surface area contributed by atoms with Crippen LogP contribution in [0.15, 0.2) is 30.9 Å². The second-order valence-electron chi connectivity index (χ2n) is 3.79. The number of carbonyl (C=O) groups excluding carboxylic acids is 1. The quantitative estimate of drug-likeness (QED) is 0.466. The number of aromatic nitrogens is 3. The summed E-state index contributed by atoms with van der Waals surface area (Å²) in [6.45, 7) is 1.87. The standard InChI is InChI=1S/C11H14N6O/c1-7(8-4-14-15-5-8)16-11(18)9-6-13-3-2-10(9)17-12/h2-7H,12H2,1H3,(H,13,17)(H,14,15)(H,16,18). The number of hydrogen-bond acceptors (Lipinski definition) is 5. The summed E-state index contributed by atoms with van der Waals surface area (Å²) in [4.78, 5) is 16.0. The van der Waals surface area contributed by atoms with Gasteiger partial charge in [0.1, 0.15) is 0 Å². The molecule has 2 aromatic rings. The number of nitrogens with zero attached hydrogens (tertiary/aromatic N) is 2. The molecule has 1 unspecified atom stereocenters. The third-order valence-electron chi connectivity index (χ3n) is 2.59. The van der Waals surface area contributed by atoms with Gasteiger partial charge in [-0.1, -0.05) is 0 Å². The SMILES string of the molecule is CC(NC(=O)c1cnccc1NN)c1cn[nH]c1. The second-order valence-corrected chi connectivity index (χ2v) is 3.79. The van der Waals surface area contributed by atoms with Crippen LogP contribution in [0, 0.1) is 0 Å². The fourth-order valence-electron chi connectivity index (χ4n) is 1.56. The highest BCUT2D eigenvalue weighted by atomic mass is 16.1. The van der Waals surface area contributed by atoms with Crippen LogP contribution < -0.4 is 16.6 Å². The first-order valence-corrected chi connectivity index (χ1v) is 5.42. The number of nitrogens with one attached hydrogen (secondary N) is 3. The van der Waals surface area contributed by atoms with Crippen molar-refractivity contribution in [2.45, 2.75) is 13.0 Å². The van der Waals surface area contributed by atoms with Crippen LogP contribution in [0.25, 0.3) is 0 Å². The molecule has 1 atom stereocenters. The number of aromatic amines is 1. The van der Waals surface area contributed by atoms with Crippen molar-refractivity contribution < 1.29 is 4.79 Å². The van der Waals surface area contributed by atoms with E-state index >= 15 is 0 Å². The molecule has 7 heteroatoms. The Morgan fingerprint density at radius 1 is 1.50 bits per heavy atom. The largest absolute Gasteiger partial charge is 0.345 e. The summed E-state index contributed by atoms with van der Waals surface area (Å²) >= 11 is 0. The van der Waals surface area contributed by atoms with Crippen LogP contribution in [0.5, 0.6) is 0 Å². The summed E-state index contributed by atoms with van der Waals surface area (Å²) < 4.78 is 0. The average molecular weight is 246 g/mol. The number of amides is 1. The van der Waals surface area contributed by atoms with Crippen LogP contribution >= 0.6 is 0 Å². The van der Waals surface area contributed by atoms with Crippen molar-refractivity contribution in [3.63, 3.8) is 0 Å². The maximum atomic E-state index is 12.1. The highest BCUT2D eigenvalue weighted by Gasteiger charge is 2.15. The minimum Gasteiger partial charge on any atom is -0.345 e. The monoisotopic (exact) mass is 246 g/mol. The van der Waals surface area contributed by atoms with Gasteiger partial charge in [-0.05, 0) is 13.0 Å². The third-order valence-corrected chi connectivity index (χ3v) is 2.59. The van der Waals surface area contributed by atoms with E-state index in [9.17, 15) is 4.79 Å². The van der Waals surface area contributed by atoms with E-state index in [0.29, 0.717) is 11.3 Å². The minimum atomic E-state index is -0.246. The predicted octanol–water partition coefficient (Wildman–Crippen LogP) is 0.581. The zero-order valence-electron chi connectivity index (χ0n) is 9.84. The molecular formula is C11H14N6O. The van der Waals surface area contributed by atoms with Crippen molar-refractivity contribution in [3.8, 4) is 0 Å². The fourth-order valence-corrected chi connectivity index (χ4v) is 1.56. The van der Waals surface area contributed by atoms with Crippen molar-refractivity contribution in [1.29, 1.82) is 0 Å². The molecule has 5 N–H and O–H groups in total. The van der Waals surface area contributed by atoms with Crippen LogP contribution in [0.4, 0.5) is 5.69 Å². The van der Waals surface area contributed by atoms with E-state index in [1.807, 2.05) is 6.92 Å². The lowest BCUT2D eigenvalue weighted by Crippen LogP contribution is -2.28. The molecule has 0 saturated heterocycles. The maximum Gasteiger partial charge on any atom is 0.255 e. The van der Waals surface area contributed by atoms with E-state index in [4.69, 9.17) is 5.84 Å². The molecule has 0 radical (unpaired) electrons. The highest BCUT2D eigenvalue weighted by Crippen LogP contribution is 2.15. The Labute approximate surface area is 104 Å². The van der Waals surface area contributed by atoms with E-state index in [2.05, 4.69) is 25.9 Å². The van der Waals surface area contributed by atoms with E-state index in [-0.39, 0.29) is 11.9 Å². The van der Waals surface area contributed by atoms with Gasteiger partial charge in [-0.15, -0.1) is 0 Å². The second kappa shape index (κ2) is 5.28. The molecular weight excluding hydrogens is 232 g/mol. The summed E-state index contributed by atoms with van der Waals surface area (Å²) in [7, 11) is 0. The molecule has 18 heavy (non-hydrogen) atoms. The Balaban J connectivity index is 2.12. The zero-order chi connectivity index (χ0) is 13.0. The third kappa shape index (κ3) is 2.46. The molecule has 1 amide bonds. The molecule has 2 rings (SSSR count). The Hall–Kier alpha value is -2.41. The fraction of sp³-hybridized carbons (Fsp3) is 0.182. The van der Waals surface area contributed by atoms with Crippen molar-refractivity contribution in [2.75, 3.05) is 5.43 Å². The number of anilines is 1. The van der Waals surface area contributed by atoms with Gasteiger partial charge in [-0.25, -0.2) is 0 Å². The number of rotatable bonds is 4. The van der Waals surface area contributed by atoms with E-state index in [1.54, 1.807) is 24.7 Å². The summed E-state index contributed by atoms with van der Waals surface area (Å²) in [5.41, 5.74) is 4.29. The number of pyridine rings is 1. The van der Waals surface area contributed by atoms with Gasteiger partial charge in [-0.2, -0.15) is 5.10 Å². The molecule has 0 fully saturated rings. The topological polar surface area (TPSA) is 109 Å². The molecule has 2 heterocycles. The molecule has 0 aromatic carbocycles. The average Bonchev–Trinajstić information content (AvgIpc) is 2.92. The molecule has 0 bridgehead atoms. The Bertz CT molecular complexity index is 524. The van der Waals surface area contributed by atoms with Crippen LogP contribution in [-0.4, -0.2) is 21.1 Å².